The van der Waals surface area contributed by atoms with E-state index in [1.165, 1.54) is 0 Å². The van der Waals surface area contributed by atoms with Gasteiger partial charge in [0.2, 0.25) is 0 Å². The maximum Gasteiger partial charge on any atom is 0.458 e. The molecule has 0 unspecified atom stereocenters. The van der Waals surface area contributed by atoms with Gasteiger partial charge in [0.1, 0.15) is 0 Å². The lowest BCUT2D eigenvalue weighted by Crippen LogP contribution is -2.40. The van der Waals surface area contributed by atoms with Crippen molar-refractivity contribution in [2.75, 3.05) is 6.61 Å². The fourth-order valence-electron chi connectivity index (χ4n) is 2.56. The van der Waals surface area contributed by atoms with E-state index in [1.54, 1.807) is 0 Å². The van der Waals surface area contributed by atoms with Crippen molar-refractivity contribution < 1.29 is 71.0 Å². The van der Waals surface area contributed by atoms with Gasteiger partial charge in [-0.15, -0.1) is 0 Å². The first-order valence-corrected chi connectivity index (χ1v) is 8.13. The topological polar surface area (TPSA) is 19.9 Å². The van der Waals surface area contributed by atoms with Gasteiger partial charge in [-0.05, 0) is 37.0 Å². The van der Waals surface area contributed by atoms with Crippen molar-refractivity contribution in [3.05, 3.63) is 34.4 Å². The van der Waals surface area contributed by atoms with Crippen LogP contribution in [0.2, 0.25) is 0 Å². The average Bonchev–Trinajstić information content (AvgIpc) is 2.58. The van der Waals surface area contributed by atoms with Gasteiger partial charge in [-0.2, -0.15) is 65.9 Å². The fourth-order valence-corrected chi connectivity index (χ4v) is 2.56. The lowest BCUT2D eigenvalue weighted by Gasteiger charge is -2.30. The van der Waals surface area contributed by atoms with Crippen LogP contribution in [-0.4, -0.2) is 25.1 Å². The summed E-state index contributed by atoms with van der Waals surface area (Å²) in [5, 5.41) is 10.4. The van der Waals surface area contributed by atoms with Crippen LogP contribution >= 0.6 is 0 Å². The molecule has 0 N–H and O–H groups in total. The van der Waals surface area contributed by atoms with Crippen molar-refractivity contribution in [2.45, 2.75) is 55.6 Å². The van der Waals surface area contributed by atoms with Crippen LogP contribution in [0, 0.1) is 0 Å². The van der Waals surface area contributed by atoms with Gasteiger partial charge < -0.3 is 0 Å². The first-order valence-electron chi connectivity index (χ1n) is 8.13. The third-order valence-corrected chi connectivity index (χ3v) is 4.18. The van der Waals surface area contributed by atoms with E-state index >= 15 is 0 Å². The lowest BCUT2D eigenvalue weighted by molar-refractivity contribution is -0.295. The van der Waals surface area contributed by atoms with Gasteiger partial charge in [0, 0.05) is 16.7 Å². The minimum Gasteiger partial charge on any atom is -0.237 e. The lowest BCUT2D eigenvalue weighted by atomic mass is 9.86. The van der Waals surface area contributed by atoms with E-state index in [2.05, 4.69) is 0 Å². The number of halogens is 15. The molecule has 0 aliphatic heterocycles. The predicted molar refractivity (Wildman–Crippen MR) is 74.8 cm³/mol. The van der Waals surface area contributed by atoms with E-state index in [1.807, 2.05) is 0 Å². The molecule has 0 aliphatic carbocycles. The fraction of sp³-hybridized carbons (Fsp3) is 0.625. The van der Waals surface area contributed by atoms with Crippen molar-refractivity contribution in [1.82, 2.24) is 0 Å². The molecule has 0 saturated heterocycles. The molecule has 0 atom stereocenters. The number of hydrogen-bond donors (Lipinski definition) is 0. The van der Waals surface area contributed by atoms with Crippen LogP contribution < -0.4 is 0 Å². The van der Waals surface area contributed by atoms with Gasteiger partial charge in [-0.1, -0.05) is 0 Å². The van der Waals surface area contributed by atoms with Crippen molar-refractivity contribution in [2.24, 2.45) is 0 Å². The molecule has 16 heteroatoms. The second-order valence-electron chi connectivity index (χ2n) is 6.43. The van der Waals surface area contributed by atoms with Crippen molar-refractivity contribution >= 4 is 0 Å². The molecule has 0 saturated carbocycles. The molecule has 0 amide bonds. The molecule has 1 nitrogen and oxygen atoms in total. The summed E-state index contributed by atoms with van der Waals surface area (Å²) < 4.78 is 197. The van der Waals surface area contributed by atoms with E-state index < -0.39 is 96.6 Å². The Morgan fingerprint density at radius 1 is 0.531 bits per heavy atom. The zero-order valence-corrected chi connectivity index (χ0v) is 15.1. The smallest absolute Gasteiger partial charge is 0.237 e. The van der Waals surface area contributed by atoms with E-state index in [4.69, 9.17) is 0 Å². The molecule has 1 aromatic rings. The molecule has 0 fully saturated rings. The number of unbranched alkanes of at least 4 members (excludes halogenated alkanes) is 1. The summed E-state index contributed by atoms with van der Waals surface area (Å²) in [6, 6.07) is -2.22. The van der Waals surface area contributed by atoms with Crippen LogP contribution in [0.1, 0.15) is 35.1 Å². The van der Waals surface area contributed by atoms with Crippen LogP contribution in [0.3, 0.4) is 0 Å². The second-order valence-corrected chi connectivity index (χ2v) is 6.43. The Balaban J connectivity index is 4.16. The Labute approximate surface area is 168 Å². The summed E-state index contributed by atoms with van der Waals surface area (Å²) in [4.78, 5) is 0. The first-order chi connectivity index (χ1) is 14.0. The molecule has 0 aromatic heterocycles. The molecule has 1 radical (unpaired) electrons. The molecule has 0 bridgehead atoms. The number of alkyl halides is 15. The number of rotatable bonds is 7. The standard InChI is InChI=1S/C16H10F15O/c17-11(18,14(23,24)25)7-5-9(12(19,20)15(26,27)28)8(3-1-2-4-32)10(6-7)13(21,22)16(29,30)31/h5-6H,1-4H2. The van der Waals surface area contributed by atoms with Crippen molar-refractivity contribution in [1.29, 1.82) is 0 Å². The molecule has 1 rings (SSSR count). The molecule has 0 spiro atoms. The second kappa shape index (κ2) is 8.48. The van der Waals surface area contributed by atoms with Crippen LogP contribution in [0.15, 0.2) is 12.1 Å². The summed E-state index contributed by atoms with van der Waals surface area (Å²) in [6.45, 7) is -1.07. The van der Waals surface area contributed by atoms with E-state index in [0.29, 0.717) is 0 Å². The summed E-state index contributed by atoms with van der Waals surface area (Å²) in [7, 11) is 0. The minimum absolute atomic E-state index is 0.630. The molecule has 0 heterocycles. The third kappa shape index (κ3) is 5.03. The summed E-state index contributed by atoms with van der Waals surface area (Å²) >= 11 is 0. The monoisotopic (exact) mass is 503 g/mol. The van der Waals surface area contributed by atoms with Gasteiger partial charge in [-0.3, -0.25) is 0 Å². The van der Waals surface area contributed by atoms with Crippen LogP contribution in [0.25, 0.3) is 0 Å². The van der Waals surface area contributed by atoms with Gasteiger partial charge in [-0.25, -0.2) is 5.11 Å². The number of hydrogen-bond acceptors (Lipinski definition) is 0. The summed E-state index contributed by atoms with van der Waals surface area (Å²) in [5.74, 6) is -19.2. The minimum atomic E-state index is -6.77. The maximum atomic E-state index is 13.9. The quantitative estimate of drug-likeness (QED) is 0.273. The molecule has 0 aliphatic rings. The third-order valence-electron chi connectivity index (χ3n) is 4.18. The summed E-state index contributed by atoms with van der Waals surface area (Å²) in [5.41, 5.74) is -11.0. The Morgan fingerprint density at radius 3 is 1.16 bits per heavy atom. The zero-order chi connectivity index (χ0) is 25.6. The first kappa shape index (κ1) is 28.2. The predicted octanol–water partition coefficient (Wildman–Crippen LogP) is 7.40. The Hall–Kier alpha value is -1.87. The van der Waals surface area contributed by atoms with Gasteiger partial charge >= 0.3 is 36.3 Å². The van der Waals surface area contributed by atoms with Crippen LogP contribution in [-0.2, 0) is 29.3 Å². The zero-order valence-electron chi connectivity index (χ0n) is 15.1. The maximum absolute atomic E-state index is 13.9. The normalized spacial score (nSPS) is 14.8. The number of benzene rings is 1. The molecule has 185 valence electrons. The Morgan fingerprint density at radius 2 is 0.875 bits per heavy atom. The molecular formula is C16H10F15O. The SMILES string of the molecule is [O]CCCCc1c(C(F)(F)C(F)(F)F)cc(C(F)(F)C(F)(F)F)cc1C(F)(F)C(F)(F)F. The van der Waals surface area contributed by atoms with Crippen LogP contribution in [0.4, 0.5) is 65.9 Å². The van der Waals surface area contributed by atoms with Crippen LogP contribution in [0.5, 0.6) is 0 Å². The van der Waals surface area contributed by atoms with Gasteiger partial charge in [0.05, 0.1) is 6.61 Å². The average molecular weight is 503 g/mol. The molecule has 1 aromatic carbocycles. The van der Waals surface area contributed by atoms with Gasteiger partial charge in [0.15, 0.2) is 0 Å². The highest BCUT2D eigenvalue weighted by atomic mass is 19.4. The van der Waals surface area contributed by atoms with E-state index in [0.717, 1.165) is 0 Å². The Kier molecular flexibility index (Phi) is 7.47. The molecule has 32 heavy (non-hydrogen) atoms. The van der Waals surface area contributed by atoms with Gasteiger partial charge in [0.25, 0.3) is 0 Å². The Bertz CT molecular complexity index is 754. The highest BCUT2D eigenvalue weighted by Gasteiger charge is 2.65. The largest absolute Gasteiger partial charge is 0.458 e. The van der Waals surface area contributed by atoms with E-state index in [9.17, 15) is 71.0 Å². The summed E-state index contributed by atoms with van der Waals surface area (Å²) in [6.07, 6.45) is -23.3. The van der Waals surface area contributed by atoms with Crippen molar-refractivity contribution in [3.63, 3.8) is 0 Å². The van der Waals surface area contributed by atoms with E-state index in [-0.39, 0.29) is 0 Å². The van der Waals surface area contributed by atoms with Crippen molar-refractivity contribution in [3.8, 4) is 0 Å². The molecular weight excluding hydrogens is 493 g/mol. The highest BCUT2D eigenvalue weighted by Crippen LogP contribution is 2.53. The highest BCUT2D eigenvalue weighted by molar-refractivity contribution is 5.47.